The fourth-order valence-corrected chi connectivity index (χ4v) is 2.43. The lowest BCUT2D eigenvalue weighted by Crippen LogP contribution is -2.46. The van der Waals surface area contributed by atoms with Gasteiger partial charge in [0.2, 0.25) is 0 Å². The molecule has 0 bridgehead atoms. The molecule has 0 atom stereocenters. The van der Waals surface area contributed by atoms with Crippen molar-refractivity contribution in [2.75, 3.05) is 27.7 Å². The van der Waals surface area contributed by atoms with Crippen LogP contribution in [0.15, 0.2) is 0 Å². The summed E-state index contributed by atoms with van der Waals surface area (Å²) in [6.45, 7) is 3.19. The van der Waals surface area contributed by atoms with Crippen LogP contribution in [-0.2, 0) is 0 Å². The highest BCUT2D eigenvalue weighted by Crippen LogP contribution is 2.22. The average molecular weight is 227 g/mol. The van der Waals surface area contributed by atoms with Gasteiger partial charge in [-0.1, -0.05) is 6.92 Å². The van der Waals surface area contributed by atoms with E-state index in [9.17, 15) is 4.79 Å². The molecule has 1 rings (SSSR count). The number of hydrogen-bond donors (Lipinski definition) is 1. The van der Waals surface area contributed by atoms with Gasteiger partial charge in [0.15, 0.2) is 0 Å². The molecule has 0 heterocycles. The Morgan fingerprint density at radius 3 is 2.19 bits per heavy atom. The van der Waals surface area contributed by atoms with Gasteiger partial charge >= 0.3 is 6.03 Å². The van der Waals surface area contributed by atoms with Gasteiger partial charge in [-0.05, 0) is 32.2 Å². The van der Waals surface area contributed by atoms with Crippen molar-refractivity contribution in [3.63, 3.8) is 0 Å². The summed E-state index contributed by atoms with van der Waals surface area (Å²) in [4.78, 5) is 15.3. The summed E-state index contributed by atoms with van der Waals surface area (Å²) < 4.78 is 0. The summed E-state index contributed by atoms with van der Waals surface area (Å²) in [5.41, 5.74) is 0. The van der Waals surface area contributed by atoms with Crippen molar-refractivity contribution in [1.29, 1.82) is 0 Å². The number of amides is 2. The van der Waals surface area contributed by atoms with Crippen molar-refractivity contribution in [2.24, 2.45) is 0 Å². The van der Waals surface area contributed by atoms with Crippen LogP contribution in [0.4, 0.5) is 4.79 Å². The van der Waals surface area contributed by atoms with Gasteiger partial charge in [0, 0.05) is 33.2 Å². The molecule has 0 aromatic carbocycles. The first-order valence-electron chi connectivity index (χ1n) is 6.23. The summed E-state index contributed by atoms with van der Waals surface area (Å²) in [5, 5.41) is 3.48. The molecule has 0 saturated heterocycles. The van der Waals surface area contributed by atoms with Gasteiger partial charge in [0.1, 0.15) is 0 Å². The van der Waals surface area contributed by atoms with E-state index in [1.807, 2.05) is 26.0 Å². The number of hydrogen-bond acceptors (Lipinski definition) is 2. The quantitative estimate of drug-likeness (QED) is 0.793. The lowest BCUT2D eigenvalue weighted by molar-refractivity contribution is 0.144. The molecule has 0 aromatic rings. The fourth-order valence-electron chi connectivity index (χ4n) is 2.43. The third-order valence-electron chi connectivity index (χ3n) is 3.42. The molecular weight excluding hydrogens is 202 g/mol. The number of carbonyl (C=O) groups is 1. The Kier molecular flexibility index (Phi) is 5.06. The molecule has 0 aromatic heterocycles. The number of nitrogens with one attached hydrogen (secondary N) is 1. The summed E-state index contributed by atoms with van der Waals surface area (Å²) in [7, 11) is 5.53. The molecule has 1 aliphatic carbocycles. The van der Waals surface area contributed by atoms with Crippen LogP contribution < -0.4 is 5.32 Å². The van der Waals surface area contributed by atoms with Crippen LogP contribution in [0.5, 0.6) is 0 Å². The zero-order valence-corrected chi connectivity index (χ0v) is 11.0. The van der Waals surface area contributed by atoms with Gasteiger partial charge in [-0.3, -0.25) is 0 Å². The van der Waals surface area contributed by atoms with E-state index in [4.69, 9.17) is 0 Å². The highest BCUT2D eigenvalue weighted by molar-refractivity contribution is 5.73. The van der Waals surface area contributed by atoms with E-state index >= 15 is 0 Å². The summed E-state index contributed by atoms with van der Waals surface area (Å²) in [6.07, 6.45) is 4.61. The lowest BCUT2D eigenvalue weighted by Gasteiger charge is -2.36. The van der Waals surface area contributed by atoms with E-state index in [0.29, 0.717) is 12.1 Å². The van der Waals surface area contributed by atoms with Gasteiger partial charge in [-0.15, -0.1) is 0 Å². The maximum Gasteiger partial charge on any atom is 0.319 e. The van der Waals surface area contributed by atoms with E-state index in [2.05, 4.69) is 12.2 Å². The van der Waals surface area contributed by atoms with E-state index in [-0.39, 0.29) is 6.03 Å². The monoisotopic (exact) mass is 227 g/mol. The van der Waals surface area contributed by atoms with Crippen LogP contribution in [0.1, 0.15) is 32.6 Å². The summed E-state index contributed by atoms with van der Waals surface area (Å²) in [6, 6.07) is 1.20. The zero-order chi connectivity index (χ0) is 12.1. The van der Waals surface area contributed by atoms with Crippen molar-refractivity contribution >= 4 is 6.03 Å². The second kappa shape index (κ2) is 6.09. The van der Waals surface area contributed by atoms with Crippen LogP contribution in [0, 0.1) is 0 Å². The smallest absolute Gasteiger partial charge is 0.319 e. The van der Waals surface area contributed by atoms with E-state index in [0.717, 1.165) is 19.4 Å². The minimum Gasteiger partial charge on any atom is -0.331 e. The summed E-state index contributed by atoms with van der Waals surface area (Å²) >= 11 is 0. The van der Waals surface area contributed by atoms with Crippen molar-refractivity contribution in [1.82, 2.24) is 15.1 Å². The second-order valence-electron chi connectivity index (χ2n) is 4.85. The molecule has 4 nitrogen and oxygen atoms in total. The SMILES string of the molecule is CCNC1CCC(N(C)C(=O)N(C)C)CC1. The normalized spacial score (nSPS) is 25.2. The van der Waals surface area contributed by atoms with Gasteiger partial charge in [-0.2, -0.15) is 0 Å². The minimum absolute atomic E-state index is 0.118. The maximum atomic E-state index is 11.8. The molecule has 94 valence electrons. The highest BCUT2D eigenvalue weighted by Gasteiger charge is 2.26. The first-order chi connectivity index (χ1) is 7.56. The highest BCUT2D eigenvalue weighted by atomic mass is 16.2. The van der Waals surface area contributed by atoms with Gasteiger partial charge < -0.3 is 15.1 Å². The van der Waals surface area contributed by atoms with E-state index in [1.54, 1.807) is 4.90 Å². The zero-order valence-electron chi connectivity index (χ0n) is 11.0. The van der Waals surface area contributed by atoms with Crippen molar-refractivity contribution < 1.29 is 4.79 Å². The molecular formula is C12H25N3O. The molecule has 4 heteroatoms. The number of urea groups is 1. The molecule has 1 fully saturated rings. The Hall–Kier alpha value is -0.770. The Labute approximate surface area is 99.0 Å². The van der Waals surface area contributed by atoms with Crippen molar-refractivity contribution in [3.8, 4) is 0 Å². The summed E-state index contributed by atoms with van der Waals surface area (Å²) in [5.74, 6) is 0. The lowest BCUT2D eigenvalue weighted by atomic mass is 9.90. The maximum absolute atomic E-state index is 11.8. The minimum atomic E-state index is 0.118. The first kappa shape index (κ1) is 13.3. The van der Waals surface area contributed by atoms with Crippen molar-refractivity contribution in [3.05, 3.63) is 0 Å². The Morgan fingerprint density at radius 1 is 1.19 bits per heavy atom. The third kappa shape index (κ3) is 3.37. The van der Waals surface area contributed by atoms with Gasteiger partial charge in [-0.25, -0.2) is 4.79 Å². The predicted molar refractivity (Wildman–Crippen MR) is 66.6 cm³/mol. The Balaban J connectivity index is 2.38. The molecule has 0 unspecified atom stereocenters. The molecule has 1 N–H and O–H groups in total. The van der Waals surface area contributed by atoms with Gasteiger partial charge in [0.05, 0.1) is 0 Å². The molecule has 1 aliphatic rings. The third-order valence-corrected chi connectivity index (χ3v) is 3.42. The van der Waals surface area contributed by atoms with Crippen LogP contribution in [0.2, 0.25) is 0 Å². The molecule has 16 heavy (non-hydrogen) atoms. The standard InChI is InChI=1S/C12H25N3O/c1-5-13-10-6-8-11(9-7-10)15(4)12(16)14(2)3/h10-11,13H,5-9H2,1-4H3. The topological polar surface area (TPSA) is 35.6 Å². The van der Waals surface area contributed by atoms with Crippen molar-refractivity contribution in [2.45, 2.75) is 44.7 Å². The molecule has 0 spiro atoms. The Bertz CT molecular complexity index is 222. The van der Waals surface area contributed by atoms with E-state index in [1.165, 1.54) is 12.8 Å². The molecule has 0 aliphatic heterocycles. The first-order valence-corrected chi connectivity index (χ1v) is 6.23. The van der Waals surface area contributed by atoms with Crippen LogP contribution in [0.25, 0.3) is 0 Å². The predicted octanol–water partition coefficient (Wildman–Crippen LogP) is 1.52. The van der Waals surface area contributed by atoms with Crippen LogP contribution >= 0.6 is 0 Å². The van der Waals surface area contributed by atoms with E-state index < -0.39 is 0 Å². The average Bonchev–Trinajstić information content (AvgIpc) is 2.28. The largest absolute Gasteiger partial charge is 0.331 e. The Morgan fingerprint density at radius 2 is 1.75 bits per heavy atom. The number of rotatable bonds is 3. The van der Waals surface area contributed by atoms with Gasteiger partial charge in [0.25, 0.3) is 0 Å². The second-order valence-corrected chi connectivity index (χ2v) is 4.85. The number of nitrogens with zero attached hydrogens (tertiary/aromatic N) is 2. The van der Waals surface area contributed by atoms with Crippen LogP contribution in [0.3, 0.4) is 0 Å². The molecule has 2 amide bonds. The number of carbonyl (C=O) groups excluding carboxylic acids is 1. The van der Waals surface area contributed by atoms with Crippen LogP contribution in [-0.4, -0.2) is 55.6 Å². The molecule has 0 radical (unpaired) electrons. The molecule has 1 saturated carbocycles. The fraction of sp³-hybridized carbons (Fsp3) is 0.917.